The summed E-state index contributed by atoms with van der Waals surface area (Å²) in [5.41, 5.74) is 4.31. The van der Waals surface area contributed by atoms with E-state index in [1.54, 1.807) is 6.08 Å². The van der Waals surface area contributed by atoms with Crippen molar-refractivity contribution in [3.63, 3.8) is 0 Å². The minimum atomic E-state index is 0.209. The van der Waals surface area contributed by atoms with Crippen LogP contribution in [0.25, 0.3) is 0 Å². The molecule has 0 radical (unpaired) electrons. The van der Waals surface area contributed by atoms with Crippen LogP contribution in [0.3, 0.4) is 0 Å². The molecule has 6 heteroatoms. The summed E-state index contributed by atoms with van der Waals surface area (Å²) < 4.78 is 12.1. The van der Waals surface area contributed by atoms with Crippen LogP contribution in [0, 0.1) is 6.92 Å². The number of ether oxygens (including phenoxy) is 2. The van der Waals surface area contributed by atoms with Crippen molar-refractivity contribution in [2.75, 3.05) is 19.8 Å². The van der Waals surface area contributed by atoms with Gasteiger partial charge in [-0.05, 0) is 51.3 Å². The second kappa shape index (κ2) is 12.1. The molecular weight excluding hydrogens is 373 g/mol. The average Bonchev–Trinajstić information content (AvgIpc) is 2.58. The van der Waals surface area contributed by atoms with Gasteiger partial charge in [0.05, 0.1) is 12.3 Å². The highest BCUT2D eigenvalue weighted by Gasteiger charge is 2.16. The van der Waals surface area contributed by atoms with E-state index in [9.17, 15) is 0 Å². The van der Waals surface area contributed by atoms with Crippen molar-refractivity contribution in [3.05, 3.63) is 33.3 Å². The summed E-state index contributed by atoms with van der Waals surface area (Å²) >= 11 is 11.3. The van der Waals surface area contributed by atoms with Crippen molar-refractivity contribution in [3.8, 4) is 11.5 Å². The van der Waals surface area contributed by atoms with Gasteiger partial charge in [0.1, 0.15) is 29.2 Å². The van der Waals surface area contributed by atoms with Crippen molar-refractivity contribution >= 4 is 28.9 Å². The van der Waals surface area contributed by atoms with E-state index in [2.05, 4.69) is 19.0 Å². The van der Waals surface area contributed by atoms with E-state index in [1.165, 1.54) is 5.56 Å². The second-order valence-electron chi connectivity index (χ2n) is 6.06. The number of halogens is 2. The maximum Gasteiger partial charge on any atom is 0.125 e. The van der Waals surface area contributed by atoms with E-state index in [4.69, 9.17) is 37.5 Å². The monoisotopic (exact) mass is 401 g/mol. The Hall–Kier alpha value is -1.39. The van der Waals surface area contributed by atoms with Gasteiger partial charge in [0, 0.05) is 17.5 Å². The normalized spacial score (nSPS) is 10.3. The molecule has 0 aliphatic carbocycles. The first-order valence-corrected chi connectivity index (χ1v) is 9.71. The third kappa shape index (κ3) is 7.46. The van der Waals surface area contributed by atoms with Gasteiger partial charge in [-0.25, -0.2) is 0 Å². The summed E-state index contributed by atoms with van der Waals surface area (Å²) in [6, 6.07) is 2.02. The Morgan fingerprint density at radius 2 is 1.77 bits per heavy atom. The molecule has 0 aromatic heterocycles. The van der Waals surface area contributed by atoms with E-state index in [0.717, 1.165) is 47.6 Å². The number of hydrogen-bond acceptors (Lipinski definition) is 4. The van der Waals surface area contributed by atoms with Gasteiger partial charge in [0.25, 0.3) is 0 Å². The highest BCUT2D eigenvalue weighted by Crippen LogP contribution is 2.35. The Morgan fingerprint density at radius 3 is 2.35 bits per heavy atom. The highest BCUT2D eigenvalue weighted by molar-refractivity contribution is 6.55. The van der Waals surface area contributed by atoms with Crippen LogP contribution in [0.4, 0.5) is 0 Å². The molecule has 0 N–H and O–H groups in total. The summed E-state index contributed by atoms with van der Waals surface area (Å²) in [4.78, 5) is 5.21. The third-order valence-corrected chi connectivity index (χ3v) is 4.01. The Balaban J connectivity index is 2.85. The predicted molar refractivity (Wildman–Crippen MR) is 110 cm³/mol. The van der Waals surface area contributed by atoms with E-state index in [1.807, 2.05) is 26.8 Å². The lowest BCUT2D eigenvalue weighted by Crippen LogP contribution is -2.08. The molecule has 0 unspecified atom stereocenters. The molecule has 0 aliphatic rings. The largest absolute Gasteiger partial charge is 0.493 e. The van der Waals surface area contributed by atoms with Gasteiger partial charge >= 0.3 is 0 Å². The molecule has 0 spiro atoms. The van der Waals surface area contributed by atoms with Crippen molar-refractivity contribution in [1.82, 2.24) is 0 Å². The number of oxime groups is 1. The smallest absolute Gasteiger partial charge is 0.125 e. The summed E-state index contributed by atoms with van der Waals surface area (Å²) in [7, 11) is 0. The Labute approximate surface area is 167 Å². The first-order valence-electron chi connectivity index (χ1n) is 8.95. The highest BCUT2D eigenvalue weighted by atomic mass is 35.5. The number of nitrogens with zero attached hydrogens (tertiary/aromatic N) is 1. The molecule has 1 aromatic carbocycles. The third-order valence-electron chi connectivity index (χ3n) is 3.70. The van der Waals surface area contributed by atoms with E-state index >= 15 is 0 Å². The summed E-state index contributed by atoms with van der Waals surface area (Å²) in [5.74, 6) is 1.80. The Bertz CT molecular complexity index is 634. The topological polar surface area (TPSA) is 40.0 Å². The number of rotatable bonds is 11. The first kappa shape index (κ1) is 22.7. The van der Waals surface area contributed by atoms with Gasteiger partial charge in [-0.3, -0.25) is 0 Å². The zero-order chi connectivity index (χ0) is 19.5. The Kier molecular flexibility index (Phi) is 10.5. The lowest BCUT2D eigenvalue weighted by atomic mass is 9.97. The van der Waals surface area contributed by atoms with E-state index in [0.29, 0.717) is 19.8 Å². The van der Waals surface area contributed by atoms with Crippen molar-refractivity contribution in [2.24, 2.45) is 5.16 Å². The van der Waals surface area contributed by atoms with Crippen LogP contribution in [-0.4, -0.2) is 25.5 Å². The van der Waals surface area contributed by atoms with Gasteiger partial charge in [-0.15, -0.1) is 0 Å². The van der Waals surface area contributed by atoms with Gasteiger partial charge in [-0.1, -0.05) is 42.2 Å². The van der Waals surface area contributed by atoms with Gasteiger partial charge in [-0.2, -0.15) is 0 Å². The lowest BCUT2D eigenvalue weighted by Gasteiger charge is -2.20. The lowest BCUT2D eigenvalue weighted by molar-refractivity contribution is 0.127. The molecular formula is C20H29Cl2NO3. The number of aryl methyl sites for hydroxylation is 1. The molecule has 0 heterocycles. The molecule has 26 heavy (non-hydrogen) atoms. The summed E-state index contributed by atoms with van der Waals surface area (Å²) in [6.07, 6.45) is 4.14. The fraction of sp³-hybridized carbons (Fsp3) is 0.550. The van der Waals surface area contributed by atoms with Crippen molar-refractivity contribution in [2.45, 2.75) is 53.9 Å². The van der Waals surface area contributed by atoms with Crippen LogP contribution in [-0.2, 0) is 17.7 Å². The molecule has 0 fully saturated rings. The Morgan fingerprint density at radius 1 is 1.08 bits per heavy atom. The molecule has 1 aromatic rings. The minimum absolute atomic E-state index is 0.209. The maximum atomic E-state index is 6.07. The van der Waals surface area contributed by atoms with Crippen LogP contribution in [0.2, 0.25) is 0 Å². The standard InChI is InChI=1S/C20H29Cl2NO3/c1-6-16-17(7-2)20(25-10-8-11-26-23-14(3)4)15(5)13-18(16)24-12-9-19(21)22/h9,13H,6-8,10-12H2,1-5H3. The molecule has 0 saturated carbocycles. The van der Waals surface area contributed by atoms with Crippen molar-refractivity contribution < 1.29 is 14.3 Å². The molecule has 0 aliphatic heterocycles. The van der Waals surface area contributed by atoms with Crippen LogP contribution in [0.1, 0.15) is 50.8 Å². The zero-order valence-corrected chi connectivity index (χ0v) is 17.8. The van der Waals surface area contributed by atoms with E-state index < -0.39 is 0 Å². The molecule has 0 saturated heterocycles. The van der Waals surface area contributed by atoms with E-state index in [-0.39, 0.29) is 4.49 Å². The van der Waals surface area contributed by atoms with Gasteiger partial charge in [0.15, 0.2) is 0 Å². The number of benzene rings is 1. The number of hydrogen-bond donors (Lipinski definition) is 0. The fourth-order valence-corrected chi connectivity index (χ4v) is 2.76. The van der Waals surface area contributed by atoms with Gasteiger partial charge < -0.3 is 14.3 Å². The fourth-order valence-electron chi connectivity index (χ4n) is 2.63. The van der Waals surface area contributed by atoms with Crippen molar-refractivity contribution in [1.29, 1.82) is 0 Å². The quantitative estimate of drug-likeness (QED) is 0.259. The predicted octanol–water partition coefficient (Wildman–Crippen LogP) is 6.00. The molecule has 4 nitrogen and oxygen atoms in total. The molecule has 0 atom stereocenters. The summed E-state index contributed by atoms with van der Waals surface area (Å²) in [6.45, 7) is 11.5. The second-order valence-corrected chi connectivity index (χ2v) is 7.07. The van der Waals surface area contributed by atoms with Gasteiger partial charge in [0.2, 0.25) is 0 Å². The summed E-state index contributed by atoms with van der Waals surface area (Å²) in [5, 5.41) is 3.92. The van der Waals surface area contributed by atoms with Crippen LogP contribution >= 0.6 is 23.2 Å². The molecule has 0 amide bonds. The SMILES string of the molecule is CCc1c(OCC=C(Cl)Cl)cc(C)c(OCCCON=C(C)C)c1CC. The van der Waals surface area contributed by atoms with Crippen LogP contribution < -0.4 is 9.47 Å². The maximum absolute atomic E-state index is 6.07. The zero-order valence-electron chi connectivity index (χ0n) is 16.3. The minimum Gasteiger partial charge on any atom is -0.493 e. The average molecular weight is 402 g/mol. The van der Waals surface area contributed by atoms with Crippen LogP contribution in [0.15, 0.2) is 21.8 Å². The van der Waals surface area contributed by atoms with Crippen LogP contribution in [0.5, 0.6) is 11.5 Å². The first-order chi connectivity index (χ1) is 12.4. The molecule has 1 rings (SSSR count). The molecule has 146 valence electrons. The molecule has 0 bridgehead atoms.